The van der Waals surface area contributed by atoms with Crippen molar-refractivity contribution in [1.29, 1.82) is 0 Å². The van der Waals surface area contributed by atoms with Gasteiger partial charge >= 0.3 is 0 Å². The number of nitrogens with zero attached hydrogens (tertiary/aromatic N) is 1. The van der Waals surface area contributed by atoms with Crippen molar-refractivity contribution in [1.82, 2.24) is 0 Å². The van der Waals surface area contributed by atoms with Crippen molar-refractivity contribution in [3.8, 4) is 0 Å². The molecule has 1 aromatic heterocycles. The summed E-state index contributed by atoms with van der Waals surface area (Å²) in [7, 11) is 0. The topological polar surface area (TPSA) is 26.9 Å². The zero-order chi connectivity index (χ0) is 14.9. The van der Waals surface area contributed by atoms with Crippen LogP contribution < -0.4 is 4.73 Å². The number of hydrogen-bond donors (Lipinski definition) is 0. The second kappa shape index (κ2) is 5.62. The van der Waals surface area contributed by atoms with E-state index < -0.39 is 33.3 Å². The third-order valence-electron chi connectivity index (χ3n) is 2.51. The Labute approximate surface area is 119 Å². The van der Waals surface area contributed by atoms with Gasteiger partial charge in [0.1, 0.15) is 0 Å². The molecule has 0 amide bonds. The van der Waals surface area contributed by atoms with Crippen LogP contribution in [0, 0.1) is 28.5 Å². The van der Waals surface area contributed by atoms with Crippen LogP contribution in [0.3, 0.4) is 0 Å². The lowest BCUT2D eigenvalue weighted by Crippen LogP contribution is -2.23. The molecule has 104 valence electrons. The number of aromatic nitrogens is 1. The molecule has 0 aliphatic rings. The predicted octanol–water partition coefficient (Wildman–Crippen LogP) is 3.81. The minimum Gasteiger partial charge on any atom is -0.619 e. The Balaban J connectivity index is 2.46. The standard InChI is InChI=1S/C13H6BrF4NO/c14-9-12(17)10(15)8(11(16)13(9)18)2-1-7-3-5-19(20)6-4-7/h1-6H/b2-1+. The predicted molar refractivity (Wildman–Crippen MR) is 68.3 cm³/mol. The maximum absolute atomic E-state index is 13.6. The highest BCUT2D eigenvalue weighted by molar-refractivity contribution is 9.10. The molecule has 1 aromatic carbocycles. The Hall–Kier alpha value is -1.89. The highest BCUT2D eigenvalue weighted by atomic mass is 79.9. The zero-order valence-corrected chi connectivity index (χ0v) is 11.3. The van der Waals surface area contributed by atoms with Crippen molar-refractivity contribution >= 4 is 28.1 Å². The first kappa shape index (κ1) is 14.5. The van der Waals surface area contributed by atoms with Crippen molar-refractivity contribution in [2.75, 3.05) is 0 Å². The molecule has 2 aromatic rings. The Morgan fingerprint density at radius 2 is 1.40 bits per heavy atom. The summed E-state index contributed by atoms with van der Waals surface area (Å²) in [5, 5.41) is 10.8. The van der Waals surface area contributed by atoms with Crippen LogP contribution in [0.15, 0.2) is 29.0 Å². The van der Waals surface area contributed by atoms with Crippen LogP contribution in [0.4, 0.5) is 17.6 Å². The van der Waals surface area contributed by atoms with Gasteiger partial charge < -0.3 is 5.21 Å². The Kier molecular flexibility index (Phi) is 4.08. The number of halogens is 5. The minimum absolute atomic E-state index is 0.444. The van der Waals surface area contributed by atoms with Gasteiger partial charge in [-0.25, -0.2) is 17.6 Å². The van der Waals surface area contributed by atoms with Crippen LogP contribution in [0.25, 0.3) is 12.2 Å². The lowest BCUT2D eigenvalue weighted by molar-refractivity contribution is -0.605. The molecule has 0 fully saturated rings. The number of hydrogen-bond acceptors (Lipinski definition) is 1. The van der Waals surface area contributed by atoms with Crippen LogP contribution in [0.2, 0.25) is 0 Å². The molecule has 7 heteroatoms. The Morgan fingerprint density at radius 1 is 0.900 bits per heavy atom. The quantitative estimate of drug-likeness (QED) is 0.267. The van der Waals surface area contributed by atoms with Crippen LogP contribution >= 0.6 is 15.9 Å². The fraction of sp³-hybridized carbons (Fsp3) is 0. The molecule has 20 heavy (non-hydrogen) atoms. The molecule has 0 atom stereocenters. The van der Waals surface area contributed by atoms with E-state index in [4.69, 9.17) is 0 Å². The van der Waals surface area contributed by atoms with E-state index in [1.807, 2.05) is 0 Å². The van der Waals surface area contributed by atoms with Crippen molar-refractivity contribution in [3.05, 3.63) is 68.6 Å². The van der Waals surface area contributed by atoms with E-state index in [2.05, 4.69) is 15.9 Å². The van der Waals surface area contributed by atoms with Crippen LogP contribution in [-0.2, 0) is 0 Å². The van der Waals surface area contributed by atoms with Gasteiger partial charge in [0.05, 0.1) is 10.0 Å². The molecule has 0 N–H and O–H groups in total. The summed E-state index contributed by atoms with van der Waals surface area (Å²) in [6.07, 6.45) is 4.48. The highest BCUT2D eigenvalue weighted by Crippen LogP contribution is 2.29. The molecule has 2 rings (SSSR count). The van der Waals surface area contributed by atoms with Gasteiger partial charge in [0, 0.05) is 12.1 Å². The number of benzene rings is 1. The van der Waals surface area contributed by atoms with Gasteiger partial charge in [0.15, 0.2) is 35.7 Å². The molecule has 1 heterocycles. The van der Waals surface area contributed by atoms with E-state index in [9.17, 15) is 22.8 Å². The molecule has 0 unspecified atom stereocenters. The minimum atomic E-state index is -1.51. The molecule has 0 saturated heterocycles. The molecule has 0 bridgehead atoms. The molecule has 0 saturated carbocycles. The fourth-order valence-electron chi connectivity index (χ4n) is 1.48. The molecule has 2 nitrogen and oxygen atoms in total. The van der Waals surface area contributed by atoms with Crippen molar-refractivity contribution in [2.45, 2.75) is 0 Å². The van der Waals surface area contributed by atoms with Crippen LogP contribution in [-0.4, -0.2) is 0 Å². The Bertz CT molecular complexity index is 657. The van der Waals surface area contributed by atoms with Crippen molar-refractivity contribution in [2.24, 2.45) is 0 Å². The molecular formula is C13H6BrF4NO. The lowest BCUT2D eigenvalue weighted by Gasteiger charge is -2.05. The van der Waals surface area contributed by atoms with Gasteiger partial charge in [-0.05, 0) is 27.6 Å². The van der Waals surface area contributed by atoms with E-state index >= 15 is 0 Å². The maximum Gasteiger partial charge on any atom is 0.180 e. The van der Waals surface area contributed by atoms with Gasteiger partial charge in [0.25, 0.3) is 0 Å². The summed E-state index contributed by atoms with van der Waals surface area (Å²) in [5.74, 6) is -6.01. The first-order valence-corrected chi connectivity index (χ1v) is 6.09. The van der Waals surface area contributed by atoms with Crippen molar-refractivity contribution in [3.63, 3.8) is 0 Å². The average molecular weight is 348 g/mol. The summed E-state index contributed by atoms with van der Waals surface area (Å²) in [5.41, 5.74) is -0.387. The summed E-state index contributed by atoms with van der Waals surface area (Å²) in [6.45, 7) is 0. The van der Waals surface area contributed by atoms with E-state index in [0.717, 1.165) is 6.08 Å². The molecular weight excluding hydrogens is 342 g/mol. The number of pyridine rings is 1. The second-order valence-corrected chi connectivity index (χ2v) is 4.60. The lowest BCUT2D eigenvalue weighted by atomic mass is 10.1. The Morgan fingerprint density at radius 3 is 1.90 bits per heavy atom. The van der Waals surface area contributed by atoms with Gasteiger partial charge in [-0.1, -0.05) is 6.08 Å². The first-order valence-electron chi connectivity index (χ1n) is 5.30. The largest absolute Gasteiger partial charge is 0.619 e. The monoisotopic (exact) mass is 347 g/mol. The summed E-state index contributed by atoms with van der Waals surface area (Å²) in [4.78, 5) is 0. The summed E-state index contributed by atoms with van der Waals surface area (Å²) < 4.78 is 53.3. The fourth-order valence-corrected chi connectivity index (χ4v) is 1.83. The van der Waals surface area contributed by atoms with E-state index in [-0.39, 0.29) is 0 Å². The molecule has 0 radical (unpaired) electrons. The average Bonchev–Trinajstić information content (AvgIpc) is 2.45. The van der Waals surface area contributed by atoms with Gasteiger partial charge in [-0.3, -0.25) is 0 Å². The van der Waals surface area contributed by atoms with Crippen LogP contribution in [0.5, 0.6) is 0 Å². The first-order chi connectivity index (χ1) is 9.41. The van der Waals surface area contributed by atoms with E-state index in [1.54, 1.807) is 0 Å². The summed E-state index contributed by atoms with van der Waals surface area (Å²) in [6, 6.07) is 2.76. The van der Waals surface area contributed by atoms with E-state index in [0.29, 0.717) is 10.3 Å². The third kappa shape index (κ3) is 2.67. The van der Waals surface area contributed by atoms with Crippen molar-refractivity contribution < 1.29 is 22.3 Å². The normalized spacial score (nSPS) is 11.2. The van der Waals surface area contributed by atoms with Gasteiger partial charge in [-0.15, -0.1) is 0 Å². The third-order valence-corrected chi connectivity index (χ3v) is 3.21. The molecule has 0 spiro atoms. The second-order valence-electron chi connectivity index (χ2n) is 3.81. The summed E-state index contributed by atoms with van der Waals surface area (Å²) >= 11 is 2.43. The number of rotatable bonds is 2. The molecule has 0 aliphatic heterocycles. The van der Waals surface area contributed by atoms with Gasteiger partial charge in [-0.2, -0.15) is 4.73 Å². The zero-order valence-electron chi connectivity index (χ0n) is 9.71. The smallest absolute Gasteiger partial charge is 0.180 e. The van der Waals surface area contributed by atoms with E-state index in [1.165, 1.54) is 30.6 Å². The SMILES string of the molecule is [O-][n+]1ccc(/C=C/c2c(F)c(F)c(Br)c(F)c2F)cc1. The van der Waals surface area contributed by atoms with Gasteiger partial charge in [0.2, 0.25) is 0 Å². The highest BCUT2D eigenvalue weighted by Gasteiger charge is 2.22. The maximum atomic E-state index is 13.6. The molecule has 0 aliphatic carbocycles. The van der Waals surface area contributed by atoms with Crippen LogP contribution in [0.1, 0.15) is 11.1 Å².